The topological polar surface area (TPSA) is 55.8 Å². The highest BCUT2D eigenvalue weighted by Gasteiger charge is 2.29. The lowest BCUT2D eigenvalue weighted by molar-refractivity contribution is -0.133. The highest BCUT2D eigenvalue weighted by atomic mass is 19.1. The third kappa shape index (κ3) is 2.29. The lowest BCUT2D eigenvalue weighted by Gasteiger charge is -2.10. The molecule has 0 fully saturated rings. The van der Waals surface area contributed by atoms with Gasteiger partial charge < -0.3 is 14.6 Å². The Morgan fingerprint density at radius 3 is 3.06 bits per heavy atom. The number of carboxylic acid groups (broad SMARTS) is 1. The molecule has 18 heavy (non-hydrogen) atoms. The Kier molecular flexibility index (Phi) is 3.49. The third-order valence-corrected chi connectivity index (χ3v) is 2.73. The molecule has 1 N–H and O–H groups in total. The summed E-state index contributed by atoms with van der Waals surface area (Å²) < 4.78 is 24.0. The van der Waals surface area contributed by atoms with Crippen molar-refractivity contribution in [3.05, 3.63) is 34.9 Å². The lowest BCUT2D eigenvalue weighted by atomic mass is 9.95. The summed E-state index contributed by atoms with van der Waals surface area (Å²) >= 11 is 0. The average Bonchev–Trinajstić information content (AvgIpc) is 2.74. The Balaban J connectivity index is 2.38. The second kappa shape index (κ2) is 5.07. The van der Waals surface area contributed by atoms with E-state index in [0.29, 0.717) is 11.3 Å². The molecule has 1 aliphatic carbocycles. The van der Waals surface area contributed by atoms with Crippen molar-refractivity contribution in [2.45, 2.75) is 0 Å². The maximum atomic E-state index is 14.0. The molecule has 0 aromatic carbocycles. The van der Waals surface area contributed by atoms with E-state index in [1.807, 2.05) is 0 Å². The van der Waals surface area contributed by atoms with E-state index < -0.39 is 17.7 Å². The van der Waals surface area contributed by atoms with E-state index in [1.165, 1.54) is 19.3 Å². The zero-order chi connectivity index (χ0) is 13.1. The van der Waals surface area contributed by atoms with Crippen LogP contribution in [0.25, 0.3) is 0 Å². The minimum atomic E-state index is -1.10. The summed E-state index contributed by atoms with van der Waals surface area (Å²) in [6.07, 6.45) is 2.64. The molecule has 0 amide bonds. The van der Waals surface area contributed by atoms with Gasteiger partial charge in [-0.2, -0.15) is 0 Å². The number of rotatable bonds is 3. The molecule has 1 aliphatic heterocycles. The van der Waals surface area contributed by atoms with Gasteiger partial charge in [-0.3, -0.25) is 0 Å². The molecule has 1 unspecified atom stereocenters. The monoisotopic (exact) mass is 250 g/mol. The fourth-order valence-corrected chi connectivity index (χ4v) is 1.80. The molecule has 0 saturated carbocycles. The number of aliphatic carboxylic acids is 1. The van der Waals surface area contributed by atoms with Crippen molar-refractivity contribution < 1.29 is 23.8 Å². The van der Waals surface area contributed by atoms with Crippen LogP contribution in [-0.2, 0) is 14.3 Å². The number of hydrogen-bond acceptors (Lipinski definition) is 3. The van der Waals surface area contributed by atoms with Crippen LogP contribution < -0.4 is 0 Å². The molecule has 0 spiro atoms. The Morgan fingerprint density at radius 2 is 2.39 bits per heavy atom. The lowest BCUT2D eigenvalue weighted by Crippen LogP contribution is -2.10. The van der Waals surface area contributed by atoms with Crippen LogP contribution in [0.2, 0.25) is 0 Å². The molecule has 0 saturated heterocycles. The van der Waals surface area contributed by atoms with Crippen LogP contribution in [0.1, 0.15) is 0 Å². The van der Waals surface area contributed by atoms with Gasteiger partial charge in [-0.15, -0.1) is 0 Å². The zero-order valence-corrected chi connectivity index (χ0v) is 9.70. The summed E-state index contributed by atoms with van der Waals surface area (Å²) in [5.41, 5.74) is 0.452. The van der Waals surface area contributed by atoms with E-state index >= 15 is 0 Å². The van der Waals surface area contributed by atoms with Crippen molar-refractivity contribution in [2.75, 3.05) is 20.3 Å². The maximum absolute atomic E-state index is 14.0. The molecule has 1 atom stereocenters. The minimum Gasteiger partial charge on any atom is -0.496 e. The van der Waals surface area contributed by atoms with Crippen LogP contribution in [0.3, 0.4) is 0 Å². The van der Waals surface area contributed by atoms with Crippen molar-refractivity contribution in [3.8, 4) is 11.8 Å². The number of hydrogen-bond donors (Lipinski definition) is 1. The predicted molar refractivity (Wildman–Crippen MR) is 61.0 cm³/mol. The standard InChI is InChI=1S/C13H11FO4/c1-17-8-3-2-4-9(12(14)5-8)10-6-18-7-11(10)13(15)16/h3,5,9H,6-7H2,1H3,(H,15,16). The van der Waals surface area contributed by atoms with E-state index in [-0.39, 0.29) is 18.8 Å². The molecular weight excluding hydrogens is 239 g/mol. The van der Waals surface area contributed by atoms with E-state index in [2.05, 4.69) is 11.8 Å². The van der Waals surface area contributed by atoms with Gasteiger partial charge in [-0.25, -0.2) is 9.18 Å². The Labute approximate surface area is 103 Å². The van der Waals surface area contributed by atoms with Crippen molar-refractivity contribution in [1.29, 1.82) is 0 Å². The van der Waals surface area contributed by atoms with E-state index in [1.54, 1.807) is 0 Å². The molecule has 0 aromatic rings. The van der Waals surface area contributed by atoms with Gasteiger partial charge in [0.1, 0.15) is 11.6 Å². The van der Waals surface area contributed by atoms with E-state index in [9.17, 15) is 9.18 Å². The van der Waals surface area contributed by atoms with Gasteiger partial charge in [0.2, 0.25) is 0 Å². The van der Waals surface area contributed by atoms with Crippen molar-refractivity contribution in [2.24, 2.45) is 5.92 Å². The van der Waals surface area contributed by atoms with Gasteiger partial charge in [0.15, 0.2) is 0 Å². The molecule has 2 rings (SSSR count). The summed E-state index contributed by atoms with van der Waals surface area (Å²) in [4.78, 5) is 11.0. The zero-order valence-electron chi connectivity index (χ0n) is 9.70. The van der Waals surface area contributed by atoms with Crippen LogP contribution in [0, 0.1) is 17.8 Å². The molecule has 1 heterocycles. The number of halogens is 1. The fraction of sp³-hybridized carbons (Fsp3) is 0.308. The average molecular weight is 250 g/mol. The summed E-state index contributed by atoms with van der Waals surface area (Å²) in [5.74, 6) is 3.13. The predicted octanol–water partition coefficient (Wildman–Crippen LogP) is 1.41. The SMILES string of the molecule is COC1=CC#CC(C2=C(C(=O)O)COC2)C(F)=C1. The summed E-state index contributed by atoms with van der Waals surface area (Å²) in [6, 6.07) is 0. The first-order valence-corrected chi connectivity index (χ1v) is 5.28. The molecule has 0 aromatic heterocycles. The van der Waals surface area contributed by atoms with Crippen molar-refractivity contribution in [1.82, 2.24) is 0 Å². The first-order valence-electron chi connectivity index (χ1n) is 5.28. The van der Waals surface area contributed by atoms with Crippen LogP contribution in [0.5, 0.6) is 0 Å². The molecule has 0 radical (unpaired) electrons. The van der Waals surface area contributed by atoms with Gasteiger partial charge in [0.05, 0.1) is 31.8 Å². The smallest absolute Gasteiger partial charge is 0.334 e. The van der Waals surface area contributed by atoms with E-state index in [4.69, 9.17) is 14.6 Å². The number of allylic oxidation sites excluding steroid dienone is 3. The number of ether oxygens (including phenoxy) is 2. The van der Waals surface area contributed by atoms with Crippen molar-refractivity contribution in [3.63, 3.8) is 0 Å². The minimum absolute atomic E-state index is 0.0132. The first-order chi connectivity index (χ1) is 8.63. The van der Waals surface area contributed by atoms with E-state index in [0.717, 1.165) is 0 Å². The van der Waals surface area contributed by atoms with Crippen LogP contribution in [0.4, 0.5) is 4.39 Å². The van der Waals surface area contributed by atoms with Crippen LogP contribution in [0.15, 0.2) is 34.9 Å². The second-order valence-corrected chi connectivity index (χ2v) is 3.80. The first kappa shape index (κ1) is 12.4. The molecule has 5 heteroatoms. The highest BCUT2D eigenvalue weighted by molar-refractivity contribution is 5.88. The van der Waals surface area contributed by atoms with Gasteiger partial charge in [0.25, 0.3) is 0 Å². The molecule has 4 nitrogen and oxygen atoms in total. The fourth-order valence-electron chi connectivity index (χ4n) is 1.80. The summed E-state index contributed by atoms with van der Waals surface area (Å²) in [6.45, 7) is 0.0746. The van der Waals surface area contributed by atoms with Gasteiger partial charge in [0, 0.05) is 12.2 Å². The normalized spacial score (nSPS) is 22.7. The van der Waals surface area contributed by atoms with Crippen molar-refractivity contribution >= 4 is 5.97 Å². The molecular formula is C13H11FO4. The largest absolute Gasteiger partial charge is 0.496 e. The molecule has 0 bridgehead atoms. The molecule has 2 aliphatic rings. The van der Waals surface area contributed by atoms with Gasteiger partial charge in [-0.05, 0) is 5.57 Å². The maximum Gasteiger partial charge on any atom is 0.334 e. The van der Waals surface area contributed by atoms with Crippen LogP contribution in [-0.4, -0.2) is 31.4 Å². The highest BCUT2D eigenvalue weighted by Crippen LogP contribution is 2.30. The van der Waals surface area contributed by atoms with Gasteiger partial charge in [-0.1, -0.05) is 11.8 Å². The molecule has 94 valence electrons. The quantitative estimate of drug-likeness (QED) is 0.769. The number of carbonyl (C=O) groups is 1. The number of methoxy groups -OCH3 is 1. The summed E-state index contributed by atoms with van der Waals surface area (Å²) in [7, 11) is 1.41. The van der Waals surface area contributed by atoms with Gasteiger partial charge >= 0.3 is 5.97 Å². The number of carboxylic acids is 1. The third-order valence-electron chi connectivity index (χ3n) is 2.73. The Bertz CT molecular complexity index is 531. The Hall–Kier alpha value is -2.06. The van der Waals surface area contributed by atoms with Crippen LogP contribution >= 0.6 is 0 Å². The second-order valence-electron chi connectivity index (χ2n) is 3.80. The Morgan fingerprint density at radius 1 is 1.61 bits per heavy atom. The summed E-state index contributed by atoms with van der Waals surface area (Å²) in [5, 5.41) is 9.00.